The van der Waals surface area contributed by atoms with E-state index in [4.69, 9.17) is 4.74 Å². The minimum Gasteiger partial charge on any atom is -0.494 e. The number of aryl methyl sites for hydroxylation is 1. The van der Waals surface area contributed by atoms with Crippen molar-refractivity contribution in [2.75, 3.05) is 26.2 Å². The van der Waals surface area contributed by atoms with E-state index in [2.05, 4.69) is 35.3 Å². The van der Waals surface area contributed by atoms with Crippen LogP contribution in [0.25, 0.3) is 0 Å². The van der Waals surface area contributed by atoms with Crippen molar-refractivity contribution in [3.63, 3.8) is 0 Å². The van der Waals surface area contributed by atoms with Crippen LogP contribution in [0.15, 0.2) is 48.5 Å². The third-order valence-electron chi connectivity index (χ3n) is 5.54. The molecule has 4 nitrogen and oxygen atoms in total. The fraction of sp³-hybridized carbons (Fsp3) is 0.480. The predicted octanol–water partition coefficient (Wildman–Crippen LogP) is 4.68. The number of hydrogen-bond donors (Lipinski definition) is 1. The third kappa shape index (κ3) is 6.60. The molecule has 29 heavy (non-hydrogen) atoms. The quantitative estimate of drug-likeness (QED) is 0.628. The van der Waals surface area contributed by atoms with Gasteiger partial charge in [0, 0.05) is 25.2 Å². The van der Waals surface area contributed by atoms with Crippen molar-refractivity contribution >= 4 is 5.91 Å². The number of nitrogens with one attached hydrogen (secondary N) is 1. The lowest BCUT2D eigenvalue weighted by Crippen LogP contribution is -2.33. The number of nitrogens with zero attached hydrogens (tertiary/aromatic N) is 1. The Morgan fingerprint density at radius 1 is 1.17 bits per heavy atom. The molecule has 1 fully saturated rings. The van der Waals surface area contributed by atoms with Gasteiger partial charge in [0.1, 0.15) is 5.75 Å². The van der Waals surface area contributed by atoms with Gasteiger partial charge in [-0.25, -0.2) is 0 Å². The zero-order chi connectivity index (χ0) is 20.5. The minimum absolute atomic E-state index is 0.00115. The summed E-state index contributed by atoms with van der Waals surface area (Å²) in [5.41, 5.74) is 3.21. The van der Waals surface area contributed by atoms with Crippen molar-refractivity contribution in [2.45, 2.75) is 46.1 Å². The Bertz CT molecular complexity index is 773. The number of piperidine rings is 1. The van der Waals surface area contributed by atoms with Gasteiger partial charge in [-0.1, -0.05) is 37.3 Å². The molecule has 0 saturated carbocycles. The topological polar surface area (TPSA) is 41.6 Å². The molecule has 2 aromatic rings. The summed E-state index contributed by atoms with van der Waals surface area (Å²) in [6.45, 7) is 8.98. The van der Waals surface area contributed by atoms with Crippen LogP contribution in [0.2, 0.25) is 0 Å². The van der Waals surface area contributed by atoms with E-state index in [1.165, 1.54) is 37.1 Å². The molecule has 0 spiro atoms. The number of carbonyl (C=O) groups excluding carboxylic acids is 1. The number of ether oxygens (including phenoxy) is 1. The Morgan fingerprint density at radius 3 is 2.72 bits per heavy atom. The standard InChI is InChI=1S/C25H34N2O2/c1-3-29-24-11-5-4-9-22(24)10-6-16-26-25(28)23-14-12-21(13-15-23)19-27-17-7-8-20(2)18-27/h4-5,9,11-15,20H,3,6-8,10,16-19H2,1-2H3,(H,26,28)/t20-/m0/s1. The Morgan fingerprint density at radius 2 is 1.97 bits per heavy atom. The van der Waals surface area contributed by atoms with Crippen LogP contribution in [0.3, 0.4) is 0 Å². The van der Waals surface area contributed by atoms with Crippen molar-refractivity contribution in [1.29, 1.82) is 0 Å². The Labute approximate surface area is 175 Å². The van der Waals surface area contributed by atoms with E-state index in [-0.39, 0.29) is 5.91 Å². The second-order valence-electron chi connectivity index (χ2n) is 8.08. The largest absolute Gasteiger partial charge is 0.494 e. The second kappa shape index (κ2) is 11.0. The lowest BCUT2D eigenvalue weighted by molar-refractivity contribution is 0.0953. The molecule has 0 aliphatic carbocycles. The van der Waals surface area contributed by atoms with Crippen LogP contribution in [-0.2, 0) is 13.0 Å². The zero-order valence-corrected chi connectivity index (χ0v) is 17.8. The van der Waals surface area contributed by atoms with E-state index in [0.717, 1.165) is 36.6 Å². The highest BCUT2D eigenvalue weighted by Gasteiger charge is 2.16. The monoisotopic (exact) mass is 394 g/mol. The minimum atomic E-state index is 0.00115. The maximum Gasteiger partial charge on any atom is 0.251 e. The van der Waals surface area contributed by atoms with Crippen molar-refractivity contribution < 1.29 is 9.53 Å². The molecule has 1 heterocycles. The van der Waals surface area contributed by atoms with Gasteiger partial charge in [-0.2, -0.15) is 0 Å². The first-order valence-corrected chi connectivity index (χ1v) is 11.0. The lowest BCUT2D eigenvalue weighted by Gasteiger charge is -2.30. The van der Waals surface area contributed by atoms with E-state index in [1.54, 1.807) is 0 Å². The van der Waals surface area contributed by atoms with Crippen LogP contribution in [0, 0.1) is 5.92 Å². The van der Waals surface area contributed by atoms with E-state index >= 15 is 0 Å². The molecular weight excluding hydrogens is 360 g/mol. The zero-order valence-electron chi connectivity index (χ0n) is 17.8. The summed E-state index contributed by atoms with van der Waals surface area (Å²) in [5.74, 6) is 1.73. The summed E-state index contributed by atoms with van der Waals surface area (Å²) in [4.78, 5) is 14.9. The van der Waals surface area contributed by atoms with E-state index in [9.17, 15) is 4.79 Å². The number of likely N-dealkylation sites (tertiary alicyclic amines) is 1. The molecule has 4 heteroatoms. The molecule has 1 amide bonds. The molecule has 0 aromatic heterocycles. The van der Waals surface area contributed by atoms with Gasteiger partial charge in [0.25, 0.3) is 5.91 Å². The number of carbonyl (C=O) groups is 1. The Hall–Kier alpha value is -2.33. The van der Waals surface area contributed by atoms with Crippen LogP contribution in [0.1, 0.15) is 54.6 Å². The first-order valence-electron chi connectivity index (χ1n) is 11.0. The number of hydrogen-bond acceptors (Lipinski definition) is 3. The van der Waals surface area contributed by atoms with E-state index in [1.807, 2.05) is 37.3 Å². The highest BCUT2D eigenvalue weighted by atomic mass is 16.5. The molecule has 0 bridgehead atoms. The van der Waals surface area contributed by atoms with Gasteiger partial charge in [-0.3, -0.25) is 9.69 Å². The normalized spacial score (nSPS) is 17.1. The average molecular weight is 395 g/mol. The molecular formula is C25H34N2O2. The van der Waals surface area contributed by atoms with Crippen LogP contribution in [-0.4, -0.2) is 37.0 Å². The Kier molecular flexibility index (Phi) is 8.12. The van der Waals surface area contributed by atoms with Gasteiger partial charge in [0.15, 0.2) is 0 Å². The van der Waals surface area contributed by atoms with Crippen molar-refractivity contribution in [3.8, 4) is 5.75 Å². The Balaban J connectivity index is 1.42. The fourth-order valence-electron chi connectivity index (χ4n) is 4.04. The summed E-state index contributed by atoms with van der Waals surface area (Å²) in [5, 5.41) is 3.04. The van der Waals surface area contributed by atoms with Crippen LogP contribution < -0.4 is 10.1 Å². The maximum atomic E-state index is 12.4. The fourth-order valence-corrected chi connectivity index (χ4v) is 4.04. The van der Waals surface area contributed by atoms with Gasteiger partial charge in [-0.15, -0.1) is 0 Å². The summed E-state index contributed by atoms with van der Waals surface area (Å²) in [7, 11) is 0. The molecule has 1 N–H and O–H groups in total. The molecule has 1 atom stereocenters. The molecule has 0 radical (unpaired) electrons. The summed E-state index contributed by atoms with van der Waals surface area (Å²) >= 11 is 0. The highest BCUT2D eigenvalue weighted by Crippen LogP contribution is 2.20. The average Bonchev–Trinajstić information content (AvgIpc) is 2.73. The molecule has 156 valence electrons. The van der Waals surface area contributed by atoms with Crippen molar-refractivity contribution in [3.05, 3.63) is 65.2 Å². The molecule has 1 saturated heterocycles. The SMILES string of the molecule is CCOc1ccccc1CCCNC(=O)c1ccc(CN2CCC[C@H](C)C2)cc1. The van der Waals surface area contributed by atoms with Crippen molar-refractivity contribution in [1.82, 2.24) is 10.2 Å². The molecule has 2 aromatic carbocycles. The third-order valence-corrected chi connectivity index (χ3v) is 5.54. The number of benzene rings is 2. The first kappa shape index (κ1) is 21.4. The van der Waals surface area contributed by atoms with Gasteiger partial charge in [-0.05, 0) is 74.4 Å². The smallest absolute Gasteiger partial charge is 0.251 e. The summed E-state index contributed by atoms with van der Waals surface area (Å²) in [6, 6.07) is 16.2. The van der Waals surface area contributed by atoms with Gasteiger partial charge in [0.05, 0.1) is 6.61 Å². The van der Waals surface area contributed by atoms with E-state index < -0.39 is 0 Å². The van der Waals surface area contributed by atoms with Crippen LogP contribution in [0.4, 0.5) is 0 Å². The van der Waals surface area contributed by atoms with E-state index in [0.29, 0.717) is 13.2 Å². The van der Waals surface area contributed by atoms with Gasteiger partial charge in [0.2, 0.25) is 0 Å². The van der Waals surface area contributed by atoms with Gasteiger partial charge < -0.3 is 10.1 Å². The number of para-hydroxylation sites is 1. The molecule has 1 aliphatic rings. The lowest BCUT2D eigenvalue weighted by atomic mass is 9.99. The number of amides is 1. The van der Waals surface area contributed by atoms with Crippen molar-refractivity contribution in [2.24, 2.45) is 5.92 Å². The summed E-state index contributed by atoms with van der Waals surface area (Å²) in [6.07, 6.45) is 4.41. The molecule has 3 rings (SSSR count). The van der Waals surface area contributed by atoms with Gasteiger partial charge >= 0.3 is 0 Å². The van der Waals surface area contributed by atoms with Crippen LogP contribution in [0.5, 0.6) is 5.75 Å². The van der Waals surface area contributed by atoms with Crippen LogP contribution >= 0.6 is 0 Å². The maximum absolute atomic E-state index is 12.4. The first-order chi connectivity index (χ1) is 14.2. The summed E-state index contributed by atoms with van der Waals surface area (Å²) < 4.78 is 5.67. The second-order valence-corrected chi connectivity index (χ2v) is 8.08. The molecule has 0 unspecified atom stereocenters. The molecule has 1 aliphatic heterocycles. The number of rotatable bonds is 9. The predicted molar refractivity (Wildman–Crippen MR) is 118 cm³/mol. The highest BCUT2D eigenvalue weighted by molar-refractivity contribution is 5.94.